The molecule has 1 N–H and O–H groups in total. The van der Waals surface area contributed by atoms with E-state index in [1.54, 1.807) is 0 Å². The summed E-state index contributed by atoms with van der Waals surface area (Å²) in [6.45, 7) is 5.38. The van der Waals surface area contributed by atoms with Crippen LogP contribution >= 0.6 is 0 Å². The van der Waals surface area contributed by atoms with E-state index in [1.807, 2.05) is 12.1 Å². The summed E-state index contributed by atoms with van der Waals surface area (Å²) in [4.78, 5) is 0. The van der Waals surface area contributed by atoms with Gasteiger partial charge in [-0.25, -0.2) is 0 Å². The molecule has 2 heteroatoms. The van der Waals surface area contributed by atoms with Gasteiger partial charge in [-0.3, -0.25) is 0 Å². The molecule has 0 spiro atoms. The van der Waals surface area contributed by atoms with Crippen LogP contribution in [-0.4, -0.2) is 6.04 Å². The van der Waals surface area contributed by atoms with Gasteiger partial charge < -0.3 is 5.32 Å². The van der Waals surface area contributed by atoms with Crippen molar-refractivity contribution in [3.05, 3.63) is 34.9 Å². The first kappa shape index (κ1) is 14.1. The van der Waals surface area contributed by atoms with Crippen LogP contribution in [0.3, 0.4) is 0 Å². The minimum absolute atomic E-state index is 0.651. The van der Waals surface area contributed by atoms with Crippen molar-refractivity contribution < 1.29 is 0 Å². The second-order valence-corrected chi connectivity index (χ2v) is 5.86. The van der Waals surface area contributed by atoms with E-state index in [-0.39, 0.29) is 0 Å². The first-order valence-electron chi connectivity index (χ1n) is 7.43. The molecule has 0 aliphatic heterocycles. The molecule has 1 aliphatic rings. The van der Waals surface area contributed by atoms with Gasteiger partial charge in [0, 0.05) is 12.6 Å². The standard InChI is InChI=1S/C17H24N2/c1-13-6-4-3-5-7-17(13)19-12-16-9-8-15(11-18)10-14(16)2/h8-10,13,17,19H,3-7,12H2,1-2H3. The fourth-order valence-corrected chi connectivity index (χ4v) is 3.00. The fourth-order valence-electron chi connectivity index (χ4n) is 3.00. The Labute approximate surface area is 116 Å². The zero-order valence-electron chi connectivity index (χ0n) is 12.1. The molecule has 2 atom stereocenters. The summed E-state index contributed by atoms with van der Waals surface area (Å²) in [6, 6.07) is 8.83. The Hall–Kier alpha value is -1.33. The fraction of sp³-hybridized carbons (Fsp3) is 0.588. The Morgan fingerprint density at radius 3 is 2.79 bits per heavy atom. The second-order valence-electron chi connectivity index (χ2n) is 5.86. The van der Waals surface area contributed by atoms with Crippen LogP contribution in [0.5, 0.6) is 0 Å². The number of nitrogens with one attached hydrogen (secondary N) is 1. The molecule has 0 radical (unpaired) electrons. The third-order valence-electron chi connectivity index (χ3n) is 4.39. The molecular weight excluding hydrogens is 232 g/mol. The lowest BCUT2D eigenvalue weighted by Gasteiger charge is -2.23. The molecule has 0 saturated heterocycles. The number of rotatable bonds is 3. The third kappa shape index (κ3) is 3.81. The molecule has 0 aromatic heterocycles. The summed E-state index contributed by atoms with van der Waals surface area (Å²) in [5.41, 5.74) is 3.28. The number of aryl methyl sites for hydroxylation is 1. The lowest BCUT2D eigenvalue weighted by atomic mass is 9.96. The van der Waals surface area contributed by atoms with E-state index in [0.717, 1.165) is 18.0 Å². The maximum Gasteiger partial charge on any atom is 0.0991 e. The van der Waals surface area contributed by atoms with Gasteiger partial charge in [-0.1, -0.05) is 32.3 Å². The Morgan fingerprint density at radius 2 is 2.05 bits per heavy atom. The predicted octanol–water partition coefficient (Wildman–Crippen LogP) is 3.93. The lowest BCUT2D eigenvalue weighted by Crippen LogP contribution is -2.33. The van der Waals surface area contributed by atoms with Crippen LogP contribution in [0.15, 0.2) is 18.2 Å². The van der Waals surface area contributed by atoms with Crippen molar-refractivity contribution in [1.82, 2.24) is 5.32 Å². The Morgan fingerprint density at radius 1 is 1.26 bits per heavy atom. The van der Waals surface area contributed by atoms with Crippen molar-refractivity contribution in [3.63, 3.8) is 0 Å². The highest BCUT2D eigenvalue weighted by atomic mass is 14.9. The van der Waals surface area contributed by atoms with Crippen LogP contribution in [0.4, 0.5) is 0 Å². The van der Waals surface area contributed by atoms with Gasteiger partial charge in [-0.2, -0.15) is 5.26 Å². The SMILES string of the molecule is Cc1cc(C#N)ccc1CNC1CCCCCC1C. The van der Waals surface area contributed by atoms with Crippen LogP contribution in [0.1, 0.15) is 55.7 Å². The van der Waals surface area contributed by atoms with Gasteiger partial charge in [-0.15, -0.1) is 0 Å². The topological polar surface area (TPSA) is 35.8 Å². The van der Waals surface area contributed by atoms with Gasteiger partial charge in [-0.05, 0) is 48.9 Å². The van der Waals surface area contributed by atoms with Crippen LogP contribution in [0.25, 0.3) is 0 Å². The third-order valence-corrected chi connectivity index (χ3v) is 4.39. The number of hydrogen-bond donors (Lipinski definition) is 1. The Bertz CT molecular complexity index is 459. The molecule has 0 bridgehead atoms. The molecule has 0 amide bonds. The molecule has 2 unspecified atom stereocenters. The summed E-state index contributed by atoms with van der Waals surface area (Å²) >= 11 is 0. The van der Waals surface area contributed by atoms with Crippen molar-refractivity contribution >= 4 is 0 Å². The van der Waals surface area contributed by atoms with E-state index in [1.165, 1.54) is 43.2 Å². The number of nitriles is 1. The predicted molar refractivity (Wildman–Crippen MR) is 78.8 cm³/mol. The minimum Gasteiger partial charge on any atom is -0.310 e. The van der Waals surface area contributed by atoms with E-state index in [2.05, 4.69) is 31.3 Å². The van der Waals surface area contributed by atoms with E-state index >= 15 is 0 Å². The molecule has 1 aromatic carbocycles. The van der Waals surface area contributed by atoms with Crippen molar-refractivity contribution in [1.29, 1.82) is 5.26 Å². The molecule has 1 saturated carbocycles. The molecule has 102 valence electrons. The molecule has 2 nitrogen and oxygen atoms in total. The second kappa shape index (κ2) is 6.73. The summed E-state index contributed by atoms with van der Waals surface area (Å²) in [6.07, 6.45) is 6.78. The van der Waals surface area contributed by atoms with E-state index in [4.69, 9.17) is 5.26 Å². The Balaban J connectivity index is 1.96. The molecule has 0 heterocycles. The van der Waals surface area contributed by atoms with Crippen molar-refractivity contribution in [2.45, 2.75) is 58.5 Å². The molecule has 1 aromatic rings. The van der Waals surface area contributed by atoms with Gasteiger partial charge in [0.2, 0.25) is 0 Å². The summed E-state index contributed by atoms with van der Waals surface area (Å²) in [5.74, 6) is 0.779. The molecule has 19 heavy (non-hydrogen) atoms. The quantitative estimate of drug-likeness (QED) is 0.832. The first-order valence-corrected chi connectivity index (χ1v) is 7.43. The van der Waals surface area contributed by atoms with Gasteiger partial charge in [0.1, 0.15) is 0 Å². The van der Waals surface area contributed by atoms with Crippen LogP contribution < -0.4 is 5.32 Å². The largest absolute Gasteiger partial charge is 0.310 e. The minimum atomic E-state index is 0.651. The maximum absolute atomic E-state index is 8.89. The van der Waals surface area contributed by atoms with E-state index in [9.17, 15) is 0 Å². The summed E-state index contributed by atoms with van der Waals surface area (Å²) < 4.78 is 0. The first-order chi connectivity index (χ1) is 9.20. The highest BCUT2D eigenvalue weighted by molar-refractivity contribution is 5.37. The Kier molecular flexibility index (Phi) is 4.99. The average Bonchev–Trinajstić information content (AvgIpc) is 2.62. The van der Waals surface area contributed by atoms with Crippen LogP contribution in [-0.2, 0) is 6.54 Å². The van der Waals surface area contributed by atoms with E-state index < -0.39 is 0 Å². The van der Waals surface area contributed by atoms with Crippen LogP contribution in [0.2, 0.25) is 0 Å². The van der Waals surface area contributed by atoms with Gasteiger partial charge >= 0.3 is 0 Å². The molecular formula is C17H24N2. The van der Waals surface area contributed by atoms with Crippen molar-refractivity contribution in [2.75, 3.05) is 0 Å². The summed E-state index contributed by atoms with van der Waals surface area (Å²) in [7, 11) is 0. The van der Waals surface area contributed by atoms with Gasteiger partial charge in [0.15, 0.2) is 0 Å². The smallest absolute Gasteiger partial charge is 0.0991 e. The summed E-state index contributed by atoms with van der Waals surface area (Å²) in [5, 5.41) is 12.6. The molecule has 2 rings (SSSR count). The highest BCUT2D eigenvalue weighted by Crippen LogP contribution is 2.23. The highest BCUT2D eigenvalue weighted by Gasteiger charge is 2.19. The zero-order valence-corrected chi connectivity index (χ0v) is 12.1. The maximum atomic E-state index is 8.89. The van der Waals surface area contributed by atoms with Crippen molar-refractivity contribution in [3.8, 4) is 6.07 Å². The molecule has 1 aliphatic carbocycles. The monoisotopic (exact) mass is 256 g/mol. The van der Waals surface area contributed by atoms with Crippen LogP contribution in [0, 0.1) is 24.2 Å². The normalized spacial score (nSPS) is 23.6. The van der Waals surface area contributed by atoms with Gasteiger partial charge in [0.05, 0.1) is 11.6 Å². The number of benzene rings is 1. The average molecular weight is 256 g/mol. The lowest BCUT2D eigenvalue weighted by molar-refractivity contribution is 0.356. The van der Waals surface area contributed by atoms with E-state index in [0.29, 0.717) is 6.04 Å². The molecule has 1 fully saturated rings. The number of nitrogens with zero attached hydrogens (tertiary/aromatic N) is 1. The van der Waals surface area contributed by atoms with Gasteiger partial charge in [0.25, 0.3) is 0 Å². The van der Waals surface area contributed by atoms with Crippen molar-refractivity contribution in [2.24, 2.45) is 5.92 Å². The number of hydrogen-bond acceptors (Lipinski definition) is 2. The zero-order chi connectivity index (χ0) is 13.7.